The summed E-state index contributed by atoms with van der Waals surface area (Å²) in [5.41, 5.74) is -0.856. The molecule has 1 aliphatic carbocycles. The molecule has 1 amide bonds. The van der Waals surface area contributed by atoms with Gasteiger partial charge in [-0.25, -0.2) is 4.79 Å². The Morgan fingerprint density at radius 1 is 1.00 bits per heavy atom. The standard InChI is InChI=1S/C22H37NO12/c1-22(33,19(30)18(29)15(27)10-12-25)35-20(31)16(17(28)14(26)9-11-24)23-21(32)34-13-7-5-3-2-4-6-8-13/h2-3,13-15,20,24-31,33H,4-12H2,1H3,(H,23,32)/b3-2+,17-16+,19-18-/t13?,14?,15-,20-,22-/m1/s1. The fraction of sp³-hybridized carbons (Fsp3) is 0.682. The molecular formula is C22H37NO12. The Morgan fingerprint density at radius 2 is 1.57 bits per heavy atom. The third kappa shape index (κ3) is 10.0. The number of rotatable bonds is 12. The van der Waals surface area contributed by atoms with Crippen LogP contribution >= 0.6 is 0 Å². The smallest absolute Gasteiger partial charge is 0.411 e. The predicted octanol–water partition coefficient (Wildman–Crippen LogP) is 0.229. The maximum atomic E-state index is 12.5. The van der Waals surface area contributed by atoms with Gasteiger partial charge in [0, 0.05) is 26.1 Å². The summed E-state index contributed by atoms with van der Waals surface area (Å²) in [6.07, 6.45) is -0.938. The summed E-state index contributed by atoms with van der Waals surface area (Å²) in [5.74, 6) is -6.37. The number of aliphatic hydroxyl groups excluding tert-OH is 8. The molecule has 202 valence electrons. The fourth-order valence-electron chi connectivity index (χ4n) is 3.21. The van der Waals surface area contributed by atoms with Crippen molar-refractivity contribution in [1.29, 1.82) is 0 Å². The van der Waals surface area contributed by atoms with Gasteiger partial charge in [-0.05, 0) is 39.0 Å². The van der Waals surface area contributed by atoms with Crippen LogP contribution in [0.15, 0.2) is 35.1 Å². The van der Waals surface area contributed by atoms with Gasteiger partial charge in [0.15, 0.2) is 11.5 Å². The first kappa shape index (κ1) is 30.6. The summed E-state index contributed by atoms with van der Waals surface area (Å²) in [5, 5.41) is 90.8. The molecule has 10 N–H and O–H groups in total. The zero-order chi connectivity index (χ0) is 26.6. The molecule has 0 spiro atoms. The van der Waals surface area contributed by atoms with E-state index in [0.717, 1.165) is 19.8 Å². The van der Waals surface area contributed by atoms with Crippen molar-refractivity contribution in [3.05, 3.63) is 35.1 Å². The number of carbonyl (C=O) groups excluding carboxylic acids is 1. The Hall–Kier alpha value is -2.39. The van der Waals surface area contributed by atoms with Crippen LogP contribution in [0.2, 0.25) is 0 Å². The molecule has 1 aliphatic rings. The molecule has 0 bridgehead atoms. The van der Waals surface area contributed by atoms with Crippen molar-refractivity contribution >= 4 is 6.09 Å². The van der Waals surface area contributed by atoms with Crippen molar-refractivity contribution in [1.82, 2.24) is 5.32 Å². The van der Waals surface area contributed by atoms with E-state index < -0.39 is 79.1 Å². The van der Waals surface area contributed by atoms with Crippen molar-refractivity contribution in [2.75, 3.05) is 13.2 Å². The van der Waals surface area contributed by atoms with Crippen LogP contribution in [0.3, 0.4) is 0 Å². The number of amides is 1. The second kappa shape index (κ2) is 14.9. The van der Waals surface area contributed by atoms with Crippen LogP contribution in [-0.2, 0) is 9.47 Å². The maximum absolute atomic E-state index is 12.5. The lowest BCUT2D eigenvalue weighted by molar-refractivity contribution is -0.253. The Balaban J connectivity index is 3.11. The van der Waals surface area contributed by atoms with Crippen LogP contribution in [0, 0.1) is 0 Å². The Bertz CT molecular complexity index is 764. The highest BCUT2D eigenvalue weighted by Crippen LogP contribution is 2.25. The molecule has 0 aromatic rings. The molecule has 5 atom stereocenters. The maximum Gasteiger partial charge on any atom is 0.411 e. The van der Waals surface area contributed by atoms with E-state index in [2.05, 4.69) is 5.32 Å². The highest BCUT2D eigenvalue weighted by molar-refractivity contribution is 5.70. The lowest BCUT2D eigenvalue weighted by atomic mass is 10.0. The van der Waals surface area contributed by atoms with Crippen LogP contribution < -0.4 is 5.32 Å². The van der Waals surface area contributed by atoms with Gasteiger partial charge < -0.3 is 55.4 Å². The van der Waals surface area contributed by atoms with Crippen LogP contribution in [0.4, 0.5) is 4.79 Å². The molecule has 35 heavy (non-hydrogen) atoms. The number of allylic oxidation sites excluding steroid dienone is 2. The van der Waals surface area contributed by atoms with E-state index in [1.165, 1.54) is 0 Å². The molecule has 0 aliphatic heterocycles. The number of aliphatic hydroxyl groups is 9. The van der Waals surface area contributed by atoms with Gasteiger partial charge in [0.2, 0.25) is 12.1 Å². The van der Waals surface area contributed by atoms with Crippen LogP contribution in [0.25, 0.3) is 0 Å². The van der Waals surface area contributed by atoms with Crippen molar-refractivity contribution in [2.45, 2.75) is 82.3 Å². The van der Waals surface area contributed by atoms with Crippen molar-refractivity contribution in [3.8, 4) is 0 Å². The van der Waals surface area contributed by atoms with Crippen LogP contribution in [-0.4, -0.2) is 95.7 Å². The van der Waals surface area contributed by atoms with Crippen LogP contribution in [0.5, 0.6) is 0 Å². The zero-order valence-electron chi connectivity index (χ0n) is 19.6. The normalized spacial score (nSPS) is 23.3. The summed E-state index contributed by atoms with van der Waals surface area (Å²) < 4.78 is 10.2. The molecule has 0 aromatic carbocycles. The topological polar surface area (TPSA) is 230 Å². The Morgan fingerprint density at radius 3 is 2.17 bits per heavy atom. The van der Waals surface area contributed by atoms with Gasteiger partial charge in [-0.1, -0.05) is 12.2 Å². The van der Waals surface area contributed by atoms with Gasteiger partial charge in [0.25, 0.3) is 0 Å². The first-order valence-electron chi connectivity index (χ1n) is 11.3. The summed E-state index contributed by atoms with van der Waals surface area (Å²) >= 11 is 0. The second-order valence-electron chi connectivity index (χ2n) is 8.17. The van der Waals surface area contributed by atoms with Gasteiger partial charge in [0.1, 0.15) is 29.8 Å². The lowest BCUT2D eigenvalue weighted by Crippen LogP contribution is -2.43. The van der Waals surface area contributed by atoms with Crippen molar-refractivity contribution < 1.29 is 60.2 Å². The monoisotopic (exact) mass is 507 g/mol. The van der Waals surface area contributed by atoms with Gasteiger partial charge in [-0.2, -0.15) is 0 Å². The first-order valence-corrected chi connectivity index (χ1v) is 11.3. The van der Waals surface area contributed by atoms with E-state index in [1.54, 1.807) is 0 Å². The second-order valence-corrected chi connectivity index (χ2v) is 8.17. The zero-order valence-corrected chi connectivity index (χ0v) is 19.6. The molecule has 2 unspecified atom stereocenters. The lowest BCUT2D eigenvalue weighted by Gasteiger charge is -2.29. The molecule has 0 saturated heterocycles. The average Bonchev–Trinajstić information content (AvgIpc) is 2.77. The Kier molecular flexibility index (Phi) is 13.0. The Labute approximate surface area is 202 Å². The van der Waals surface area contributed by atoms with Crippen LogP contribution in [0.1, 0.15) is 51.9 Å². The SMILES string of the molecule is C[C@@](O)(O[C@@H](O)/C(NC(=O)OC1CC/C=C/CCC1)=C(\O)C(O)CCO)/C(O)=C(/O)[C@H](O)CCO. The number of carbonyl (C=O) groups is 1. The molecule has 0 saturated carbocycles. The fourth-order valence-corrected chi connectivity index (χ4v) is 3.21. The molecule has 0 aromatic heterocycles. The molecule has 13 heteroatoms. The molecule has 0 heterocycles. The van der Waals surface area contributed by atoms with E-state index in [1.807, 2.05) is 12.2 Å². The van der Waals surface area contributed by atoms with Crippen molar-refractivity contribution in [2.24, 2.45) is 0 Å². The molecule has 0 radical (unpaired) electrons. The molecule has 0 fully saturated rings. The third-order valence-corrected chi connectivity index (χ3v) is 5.21. The number of hydrogen-bond acceptors (Lipinski definition) is 12. The summed E-state index contributed by atoms with van der Waals surface area (Å²) in [6.45, 7) is -0.350. The molecule has 1 rings (SSSR count). The van der Waals surface area contributed by atoms with E-state index in [0.29, 0.717) is 19.3 Å². The van der Waals surface area contributed by atoms with E-state index in [-0.39, 0.29) is 6.42 Å². The number of ether oxygens (including phenoxy) is 2. The molecular weight excluding hydrogens is 470 g/mol. The predicted molar refractivity (Wildman–Crippen MR) is 121 cm³/mol. The number of alkyl carbamates (subject to hydrolysis) is 1. The third-order valence-electron chi connectivity index (χ3n) is 5.21. The minimum absolute atomic E-state index is 0.385. The number of nitrogens with one attached hydrogen (secondary N) is 1. The highest BCUT2D eigenvalue weighted by Gasteiger charge is 2.37. The largest absolute Gasteiger partial charge is 0.508 e. The summed E-state index contributed by atoms with van der Waals surface area (Å²) in [7, 11) is 0. The minimum Gasteiger partial charge on any atom is -0.508 e. The van der Waals surface area contributed by atoms with Gasteiger partial charge in [0.05, 0.1) is 0 Å². The average molecular weight is 508 g/mol. The van der Waals surface area contributed by atoms with Gasteiger partial charge in [-0.15, -0.1) is 0 Å². The summed E-state index contributed by atoms with van der Waals surface area (Å²) in [4.78, 5) is 12.5. The van der Waals surface area contributed by atoms with E-state index in [9.17, 15) is 40.5 Å². The minimum atomic E-state index is -2.87. The quantitative estimate of drug-likeness (QED) is 0.0972. The molecule has 13 nitrogen and oxygen atoms in total. The van der Waals surface area contributed by atoms with Gasteiger partial charge in [-0.3, -0.25) is 5.32 Å². The summed E-state index contributed by atoms with van der Waals surface area (Å²) in [6, 6.07) is 0. The van der Waals surface area contributed by atoms with Crippen molar-refractivity contribution in [3.63, 3.8) is 0 Å². The number of hydrogen-bond donors (Lipinski definition) is 10. The van der Waals surface area contributed by atoms with E-state index >= 15 is 0 Å². The van der Waals surface area contributed by atoms with E-state index in [4.69, 9.17) is 19.7 Å². The van der Waals surface area contributed by atoms with Gasteiger partial charge >= 0.3 is 6.09 Å². The highest BCUT2D eigenvalue weighted by atomic mass is 16.7. The first-order chi connectivity index (χ1) is 16.4.